The maximum absolute atomic E-state index is 9.26. The molecule has 3 aromatic rings. The van der Waals surface area contributed by atoms with Crippen LogP contribution in [0.4, 0.5) is 5.69 Å². The summed E-state index contributed by atoms with van der Waals surface area (Å²) in [5.74, 6) is 0. The van der Waals surface area contributed by atoms with Crippen LogP contribution in [0.15, 0.2) is 52.9 Å². The van der Waals surface area contributed by atoms with Gasteiger partial charge in [0, 0.05) is 25.3 Å². The molecule has 0 saturated heterocycles. The summed E-state index contributed by atoms with van der Waals surface area (Å²) in [5, 5.41) is 9.26. The van der Waals surface area contributed by atoms with Crippen molar-refractivity contribution in [2.75, 3.05) is 18.5 Å². The van der Waals surface area contributed by atoms with Crippen LogP contribution in [0.2, 0.25) is 0 Å². The Kier molecular flexibility index (Phi) is 5.28. The summed E-state index contributed by atoms with van der Waals surface area (Å²) < 4.78 is 5.15. The highest BCUT2D eigenvalue weighted by Crippen LogP contribution is 2.24. The predicted molar refractivity (Wildman–Crippen MR) is 91.0 cm³/mol. The first-order chi connectivity index (χ1) is 10.2. The third kappa shape index (κ3) is 3.71. The molecule has 1 aromatic heterocycles. The molecule has 1 heterocycles. The van der Waals surface area contributed by atoms with Crippen molar-refractivity contribution < 1.29 is 9.52 Å². The summed E-state index contributed by atoms with van der Waals surface area (Å²) in [5.41, 5.74) is 3.71. The molecular formula is C17H19ClN2O2. The van der Waals surface area contributed by atoms with Crippen molar-refractivity contribution in [1.29, 1.82) is 0 Å². The first kappa shape index (κ1) is 16.2. The SMILES string of the molecule is CN(CCCc1ccccc1)c1ccc2nc(O)oc2c1.Cl. The number of aromatic nitrogens is 1. The van der Waals surface area contributed by atoms with Crippen molar-refractivity contribution in [1.82, 2.24) is 4.98 Å². The van der Waals surface area contributed by atoms with Gasteiger partial charge < -0.3 is 14.4 Å². The van der Waals surface area contributed by atoms with Gasteiger partial charge >= 0.3 is 6.08 Å². The van der Waals surface area contributed by atoms with Crippen LogP contribution >= 0.6 is 12.4 Å². The molecule has 0 aliphatic rings. The minimum Gasteiger partial charge on any atom is -0.466 e. The van der Waals surface area contributed by atoms with E-state index in [4.69, 9.17) is 4.42 Å². The molecule has 0 atom stereocenters. The highest BCUT2D eigenvalue weighted by atomic mass is 35.5. The van der Waals surface area contributed by atoms with Gasteiger partial charge in [-0.1, -0.05) is 30.3 Å². The lowest BCUT2D eigenvalue weighted by Gasteiger charge is -2.19. The summed E-state index contributed by atoms with van der Waals surface area (Å²) in [7, 11) is 2.06. The Morgan fingerprint density at radius 1 is 1.14 bits per heavy atom. The van der Waals surface area contributed by atoms with Gasteiger partial charge in [-0.3, -0.25) is 0 Å². The Balaban J connectivity index is 0.00000176. The number of aryl methyl sites for hydroxylation is 1. The molecule has 3 rings (SSSR count). The standard InChI is InChI=1S/C17H18N2O2.ClH/c1-19(11-5-8-13-6-3-2-4-7-13)14-9-10-15-16(12-14)21-17(20)18-15;/h2-4,6-7,9-10,12H,5,8,11H2,1H3,(H,18,20);1H. The van der Waals surface area contributed by atoms with Crippen molar-refractivity contribution in [3.05, 3.63) is 54.1 Å². The van der Waals surface area contributed by atoms with E-state index >= 15 is 0 Å². The fourth-order valence-electron chi connectivity index (χ4n) is 2.43. The van der Waals surface area contributed by atoms with Crippen LogP contribution in [0.3, 0.4) is 0 Å². The van der Waals surface area contributed by atoms with Gasteiger partial charge in [0.2, 0.25) is 0 Å². The molecule has 2 aromatic carbocycles. The molecule has 22 heavy (non-hydrogen) atoms. The number of benzene rings is 2. The van der Waals surface area contributed by atoms with Crippen LogP contribution in [0.5, 0.6) is 6.08 Å². The molecular weight excluding hydrogens is 300 g/mol. The second-order valence-corrected chi connectivity index (χ2v) is 5.16. The Hall–Kier alpha value is -2.20. The maximum Gasteiger partial charge on any atom is 0.392 e. The number of halogens is 1. The number of hydrogen-bond donors (Lipinski definition) is 1. The first-order valence-corrected chi connectivity index (χ1v) is 7.07. The van der Waals surface area contributed by atoms with Crippen molar-refractivity contribution in [2.45, 2.75) is 12.8 Å². The normalized spacial score (nSPS) is 10.4. The van der Waals surface area contributed by atoms with E-state index in [2.05, 4.69) is 41.2 Å². The largest absolute Gasteiger partial charge is 0.466 e. The van der Waals surface area contributed by atoms with Gasteiger partial charge in [-0.25, -0.2) is 0 Å². The van der Waals surface area contributed by atoms with E-state index in [1.807, 2.05) is 24.3 Å². The van der Waals surface area contributed by atoms with Gasteiger partial charge in [0.05, 0.1) is 0 Å². The van der Waals surface area contributed by atoms with Crippen molar-refractivity contribution in [3.63, 3.8) is 0 Å². The molecule has 0 bridgehead atoms. The van der Waals surface area contributed by atoms with Gasteiger partial charge in [0.1, 0.15) is 5.52 Å². The molecule has 0 amide bonds. The molecule has 116 valence electrons. The van der Waals surface area contributed by atoms with E-state index in [1.54, 1.807) is 0 Å². The van der Waals surface area contributed by atoms with E-state index in [0.29, 0.717) is 11.1 Å². The van der Waals surface area contributed by atoms with Crippen molar-refractivity contribution in [3.8, 4) is 6.08 Å². The van der Waals surface area contributed by atoms with Crippen molar-refractivity contribution >= 4 is 29.2 Å². The molecule has 0 aliphatic heterocycles. The Morgan fingerprint density at radius 2 is 1.91 bits per heavy atom. The van der Waals surface area contributed by atoms with Gasteiger partial charge in [-0.2, -0.15) is 4.98 Å². The fourth-order valence-corrected chi connectivity index (χ4v) is 2.43. The number of fused-ring (bicyclic) bond motifs is 1. The minimum absolute atomic E-state index is 0. The molecule has 0 unspecified atom stereocenters. The van der Waals surface area contributed by atoms with E-state index in [-0.39, 0.29) is 18.5 Å². The number of anilines is 1. The van der Waals surface area contributed by atoms with E-state index in [0.717, 1.165) is 25.1 Å². The van der Waals surface area contributed by atoms with Crippen LogP contribution in [-0.2, 0) is 6.42 Å². The van der Waals surface area contributed by atoms with E-state index in [1.165, 1.54) is 5.56 Å². The minimum atomic E-state index is -0.283. The van der Waals surface area contributed by atoms with Crippen LogP contribution < -0.4 is 4.90 Å². The molecule has 0 fully saturated rings. The zero-order valence-corrected chi connectivity index (χ0v) is 13.2. The zero-order valence-electron chi connectivity index (χ0n) is 12.4. The van der Waals surface area contributed by atoms with Crippen LogP contribution in [0.1, 0.15) is 12.0 Å². The first-order valence-electron chi connectivity index (χ1n) is 7.07. The topological polar surface area (TPSA) is 49.5 Å². The molecule has 5 heteroatoms. The average Bonchev–Trinajstić information content (AvgIpc) is 2.87. The monoisotopic (exact) mass is 318 g/mol. The number of hydrogen-bond acceptors (Lipinski definition) is 4. The quantitative estimate of drug-likeness (QED) is 0.771. The highest BCUT2D eigenvalue weighted by Gasteiger charge is 2.07. The van der Waals surface area contributed by atoms with Crippen LogP contribution in [-0.4, -0.2) is 23.7 Å². The van der Waals surface area contributed by atoms with Crippen LogP contribution in [0, 0.1) is 0 Å². The summed E-state index contributed by atoms with van der Waals surface area (Å²) in [6.07, 6.45) is 1.87. The third-order valence-electron chi connectivity index (χ3n) is 3.60. The Bertz CT molecular complexity index is 728. The fraction of sp³-hybridized carbons (Fsp3) is 0.235. The van der Waals surface area contributed by atoms with E-state index in [9.17, 15) is 5.11 Å². The van der Waals surface area contributed by atoms with Gasteiger partial charge in [0.15, 0.2) is 5.58 Å². The van der Waals surface area contributed by atoms with E-state index < -0.39 is 0 Å². The van der Waals surface area contributed by atoms with Crippen LogP contribution in [0.25, 0.3) is 11.1 Å². The summed E-state index contributed by atoms with van der Waals surface area (Å²) in [4.78, 5) is 6.07. The second kappa shape index (κ2) is 7.18. The lowest BCUT2D eigenvalue weighted by atomic mass is 10.1. The lowest BCUT2D eigenvalue weighted by molar-refractivity contribution is 0.328. The molecule has 0 saturated carbocycles. The van der Waals surface area contributed by atoms with Crippen molar-refractivity contribution in [2.24, 2.45) is 0 Å². The molecule has 0 spiro atoms. The Morgan fingerprint density at radius 3 is 2.68 bits per heavy atom. The number of aromatic hydroxyl groups is 1. The molecule has 0 aliphatic carbocycles. The average molecular weight is 319 g/mol. The number of nitrogens with zero attached hydrogens (tertiary/aromatic N) is 2. The third-order valence-corrected chi connectivity index (χ3v) is 3.60. The lowest BCUT2D eigenvalue weighted by Crippen LogP contribution is -2.18. The Labute approximate surface area is 135 Å². The molecule has 4 nitrogen and oxygen atoms in total. The zero-order chi connectivity index (χ0) is 14.7. The smallest absolute Gasteiger partial charge is 0.392 e. The summed E-state index contributed by atoms with van der Waals surface area (Å²) in [6.45, 7) is 0.959. The van der Waals surface area contributed by atoms with Gasteiger partial charge in [-0.15, -0.1) is 12.4 Å². The highest BCUT2D eigenvalue weighted by molar-refractivity contribution is 5.85. The molecule has 0 radical (unpaired) electrons. The molecule has 1 N–H and O–H groups in total. The van der Waals surface area contributed by atoms with Gasteiger partial charge in [0.25, 0.3) is 0 Å². The summed E-state index contributed by atoms with van der Waals surface area (Å²) in [6, 6.07) is 16.3. The maximum atomic E-state index is 9.26. The number of rotatable bonds is 5. The van der Waals surface area contributed by atoms with Gasteiger partial charge in [-0.05, 0) is 30.5 Å². The second-order valence-electron chi connectivity index (χ2n) is 5.16. The summed E-state index contributed by atoms with van der Waals surface area (Å²) >= 11 is 0. The predicted octanol–water partition coefficient (Wildman–Crippen LogP) is 4.02. The number of oxazole rings is 1.